The van der Waals surface area contributed by atoms with Crippen molar-refractivity contribution < 1.29 is 14.3 Å². The fourth-order valence-corrected chi connectivity index (χ4v) is 4.97. The van der Waals surface area contributed by atoms with E-state index in [1.54, 1.807) is 49.8 Å². The molecule has 1 aliphatic carbocycles. The number of fused-ring (bicyclic) bond motifs is 1. The zero-order chi connectivity index (χ0) is 25.8. The van der Waals surface area contributed by atoms with E-state index in [2.05, 4.69) is 30.5 Å². The monoisotopic (exact) mass is 504 g/mol. The summed E-state index contributed by atoms with van der Waals surface area (Å²) in [5, 5.41) is 6.16. The van der Waals surface area contributed by atoms with E-state index in [1.807, 2.05) is 6.20 Å². The van der Waals surface area contributed by atoms with E-state index in [1.165, 1.54) is 12.8 Å². The van der Waals surface area contributed by atoms with Gasteiger partial charge in [0, 0.05) is 50.8 Å². The van der Waals surface area contributed by atoms with E-state index in [9.17, 15) is 9.59 Å². The van der Waals surface area contributed by atoms with Crippen LogP contribution in [-0.2, 0) is 11.2 Å². The van der Waals surface area contributed by atoms with Crippen molar-refractivity contribution in [1.29, 1.82) is 0 Å². The van der Waals surface area contributed by atoms with Gasteiger partial charge in [-0.25, -0.2) is 9.97 Å². The molecule has 0 bridgehead atoms. The predicted molar refractivity (Wildman–Crippen MR) is 141 cm³/mol. The van der Waals surface area contributed by atoms with E-state index in [-0.39, 0.29) is 11.8 Å². The number of aromatic amines is 1. The summed E-state index contributed by atoms with van der Waals surface area (Å²) in [6.07, 6.45) is 10.7. The van der Waals surface area contributed by atoms with Crippen molar-refractivity contribution in [2.45, 2.75) is 44.6 Å². The summed E-state index contributed by atoms with van der Waals surface area (Å²) in [5.41, 5.74) is 2.65. The lowest BCUT2D eigenvalue weighted by atomic mass is 10.1. The molecule has 3 heterocycles. The summed E-state index contributed by atoms with van der Waals surface area (Å²) < 4.78 is 5.52. The lowest BCUT2D eigenvalue weighted by Gasteiger charge is -2.30. The van der Waals surface area contributed by atoms with Crippen LogP contribution in [0.5, 0.6) is 5.75 Å². The lowest BCUT2D eigenvalue weighted by molar-refractivity contribution is -0.118. The van der Waals surface area contributed by atoms with Crippen molar-refractivity contribution in [3.05, 3.63) is 48.2 Å². The standard InChI is InChI=1S/C26H32N8O3/c1-33-21-15-29-26(32-24(21)34(12-10-23(33)35)19-5-3-4-6-19)31-20-13-17(7-8-22(20)37-2)25(36)28-11-9-18-14-27-16-30-18/h7-8,13-16,19H,3-6,9-12H2,1-2H3,(H,27,30)(H,28,36)(H,29,31,32). The number of anilines is 4. The highest BCUT2D eigenvalue weighted by atomic mass is 16.5. The first kappa shape index (κ1) is 24.5. The van der Waals surface area contributed by atoms with Crippen LogP contribution in [0.4, 0.5) is 23.1 Å². The van der Waals surface area contributed by atoms with Crippen LogP contribution in [0.2, 0.25) is 0 Å². The molecule has 1 aliphatic heterocycles. The molecule has 0 radical (unpaired) electrons. The van der Waals surface area contributed by atoms with Gasteiger partial charge in [0.15, 0.2) is 5.82 Å². The van der Waals surface area contributed by atoms with Crippen LogP contribution in [-0.4, -0.2) is 65.0 Å². The number of carbonyl (C=O) groups excluding carboxylic acids is 2. The second-order valence-electron chi connectivity index (χ2n) is 9.34. The molecule has 1 aromatic carbocycles. The Balaban J connectivity index is 1.38. The summed E-state index contributed by atoms with van der Waals surface area (Å²) in [5.74, 6) is 1.55. The smallest absolute Gasteiger partial charge is 0.251 e. The molecule has 3 aromatic rings. The van der Waals surface area contributed by atoms with Gasteiger partial charge in [-0.1, -0.05) is 12.8 Å². The minimum absolute atomic E-state index is 0.0544. The summed E-state index contributed by atoms with van der Waals surface area (Å²) >= 11 is 0. The third-order valence-corrected chi connectivity index (χ3v) is 7.02. The number of nitrogens with one attached hydrogen (secondary N) is 3. The van der Waals surface area contributed by atoms with Gasteiger partial charge in [0.05, 0.1) is 31.0 Å². The number of carbonyl (C=O) groups is 2. The molecular formula is C26H32N8O3. The Hall–Kier alpha value is -4.15. The second-order valence-corrected chi connectivity index (χ2v) is 9.34. The van der Waals surface area contributed by atoms with Crippen molar-refractivity contribution in [3.63, 3.8) is 0 Å². The maximum atomic E-state index is 12.8. The average molecular weight is 505 g/mol. The number of benzene rings is 1. The van der Waals surface area contributed by atoms with Crippen molar-refractivity contribution >= 4 is 35.0 Å². The largest absolute Gasteiger partial charge is 0.495 e. The Bertz CT molecular complexity index is 1260. The fraction of sp³-hybridized carbons (Fsp3) is 0.423. The van der Waals surface area contributed by atoms with Gasteiger partial charge in [-0.05, 0) is 31.0 Å². The summed E-state index contributed by atoms with van der Waals surface area (Å²) in [4.78, 5) is 45.7. The highest BCUT2D eigenvalue weighted by Gasteiger charge is 2.31. The van der Waals surface area contributed by atoms with Crippen LogP contribution in [0, 0.1) is 0 Å². The molecule has 0 spiro atoms. The number of hydrogen-bond acceptors (Lipinski definition) is 8. The highest BCUT2D eigenvalue weighted by Crippen LogP contribution is 2.37. The minimum atomic E-state index is -0.198. The van der Waals surface area contributed by atoms with Crippen LogP contribution in [0.1, 0.15) is 48.2 Å². The molecule has 11 nitrogen and oxygen atoms in total. The third-order valence-electron chi connectivity index (χ3n) is 7.02. The summed E-state index contributed by atoms with van der Waals surface area (Å²) in [6, 6.07) is 5.55. The maximum Gasteiger partial charge on any atom is 0.251 e. The maximum absolute atomic E-state index is 12.8. The number of amides is 2. The van der Waals surface area contributed by atoms with Crippen LogP contribution >= 0.6 is 0 Å². The number of hydrogen-bond donors (Lipinski definition) is 3. The number of methoxy groups -OCH3 is 1. The van der Waals surface area contributed by atoms with Gasteiger partial charge in [-0.15, -0.1) is 0 Å². The number of ether oxygens (including phenoxy) is 1. The van der Waals surface area contributed by atoms with Crippen LogP contribution in [0.3, 0.4) is 0 Å². The van der Waals surface area contributed by atoms with Gasteiger partial charge >= 0.3 is 0 Å². The van der Waals surface area contributed by atoms with Crippen LogP contribution in [0.15, 0.2) is 36.9 Å². The Kier molecular flexibility index (Phi) is 7.20. The third kappa shape index (κ3) is 5.35. The molecule has 3 N–H and O–H groups in total. The van der Waals surface area contributed by atoms with Gasteiger partial charge in [-0.2, -0.15) is 4.98 Å². The Morgan fingerprint density at radius 3 is 2.84 bits per heavy atom. The number of nitrogens with zero attached hydrogens (tertiary/aromatic N) is 5. The van der Waals surface area contributed by atoms with Crippen molar-refractivity contribution in [2.75, 3.05) is 42.4 Å². The number of H-pyrrole nitrogens is 1. The molecule has 2 amide bonds. The first-order chi connectivity index (χ1) is 18.0. The highest BCUT2D eigenvalue weighted by molar-refractivity contribution is 5.97. The first-order valence-corrected chi connectivity index (χ1v) is 12.6. The average Bonchev–Trinajstić information content (AvgIpc) is 3.61. The van der Waals surface area contributed by atoms with Gasteiger partial charge in [0.25, 0.3) is 5.91 Å². The van der Waals surface area contributed by atoms with Gasteiger partial charge in [0.1, 0.15) is 11.4 Å². The summed E-state index contributed by atoms with van der Waals surface area (Å²) in [6.45, 7) is 1.10. The molecule has 0 unspecified atom stereocenters. The number of rotatable bonds is 8. The molecule has 0 saturated heterocycles. The lowest BCUT2D eigenvalue weighted by Crippen LogP contribution is -2.34. The number of imidazole rings is 1. The van der Waals surface area contributed by atoms with E-state index >= 15 is 0 Å². The van der Waals surface area contributed by atoms with E-state index in [0.29, 0.717) is 60.6 Å². The SMILES string of the molecule is COc1ccc(C(=O)NCCc2c[nH]cn2)cc1Nc1ncc2c(n1)N(C1CCCC1)CCC(=O)N2C. The van der Waals surface area contributed by atoms with Crippen molar-refractivity contribution in [3.8, 4) is 5.75 Å². The molecule has 37 heavy (non-hydrogen) atoms. The molecule has 194 valence electrons. The molecule has 5 rings (SSSR count). The molecule has 2 aliphatic rings. The second kappa shape index (κ2) is 10.9. The number of aromatic nitrogens is 4. The molecule has 2 aromatic heterocycles. The Labute approximate surface area is 215 Å². The van der Waals surface area contributed by atoms with Gasteiger partial charge in [-0.3, -0.25) is 9.59 Å². The fourth-order valence-electron chi connectivity index (χ4n) is 4.97. The molecular weight excluding hydrogens is 472 g/mol. The molecule has 1 saturated carbocycles. The van der Waals surface area contributed by atoms with E-state index < -0.39 is 0 Å². The predicted octanol–water partition coefficient (Wildman–Crippen LogP) is 3.04. The van der Waals surface area contributed by atoms with Crippen molar-refractivity contribution in [1.82, 2.24) is 25.3 Å². The Morgan fingerprint density at radius 2 is 2.08 bits per heavy atom. The van der Waals surface area contributed by atoms with Crippen LogP contribution < -0.4 is 25.2 Å². The Morgan fingerprint density at radius 1 is 1.24 bits per heavy atom. The van der Waals surface area contributed by atoms with Crippen LogP contribution in [0.25, 0.3) is 0 Å². The zero-order valence-electron chi connectivity index (χ0n) is 21.2. The van der Waals surface area contributed by atoms with Gasteiger partial charge < -0.3 is 30.2 Å². The first-order valence-electron chi connectivity index (χ1n) is 12.6. The summed E-state index contributed by atoms with van der Waals surface area (Å²) in [7, 11) is 3.34. The van der Waals surface area contributed by atoms with Crippen molar-refractivity contribution in [2.24, 2.45) is 0 Å². The molecule has 11 heteroatoms. The van der Waals surface area contributed by atoms with E-state index in [4.69, 9.17) is 9.72 Å². The quantitative estimate of drug-likeness (QED) is 0.427. The zero-order valence-corrected chi connectivity index (χ0v) is 21.2. The minimum Gasteiger partial charge on any atom is -0.495 e. The molecule has 1 fully saturated rings. The van der Waals surface area contributed by atoms with Gasteiger partial charge in [0.2, 0.25) is 11.9 Å². The molecule has 0 atom stereocenters. The normalized spacial score (nSPS) is 15.9. The topological polar surface area (TPSA) is 128 Å². The van der Waals surface area contributed by atoms with E-state index in [0.717, 1.165) is 24.4 Å².